The number of amides is 2. The second kappa shape index (κ2) is 9.27. The number of hydrogen-bond acceptors (Lipinski definition) is 5. The molecule has 3 aromatic rings. The van der Waals surface area contributed by atoms with Crippen molar-refractivity contribution < 1.29 is 31.5 Å². The van der Waals surface area contributed by atoms with Crippen molar-refractivity contribution >= 4 is 40.9 Å². The van der Waals surface area contributed by atoms with E-state index >= 15 is 0 Å². The van der Waals surface area contributed by atoms with Crippen LogP contribution in [0.15, 0.2) is 36.5 Å². The lowest BCUT2D eigenvalue weighted by molar-refractivity contribution is -0.181. The van der Waals surface area contributed by atoms with Gasteiger partial charge in [-0.25, -0.2) is 18.3 Å². The Morgan fingerprint density at radius 1 is 1.24 bits per heavy atom. The van der Waals surface area contributed by atoms with Crippen LogP contribution in [0, 0.1) is 5.92 Å². The fraction of sp³-hybridized carbons (Fsp3) is 0.481. The maximum atomic E-state index is 14.9. The van der Waals surface area contributed by atoms with Crippen LogP contribution in [0.1, 0.15) is 43.9 Å². The topological polar surface area (TPSA) is 82.8 Å². The largest absolute Gasteiger partial charge is 0.401 e. The molecular weight excluding hydrogens is 571 g/mol. The molecule has 2 amide bonds. The molecule has 0 saturated heterocycles. The van der Waals surface area contributed by atoms with Crippen LogP contribution in [0.2, 0.25) is 5.15 Å². The fourth-order valence-electron chi connectivity index (χ4n) is 6.24. The van der Waals surface area contributed by atoms with Crippen LogP contribution < -0.4 is 10.2 Å². The van der Waals surface area contributed by atoms with Crippen LogP contribution in [0.5, 0.6) is 0 Å². The molecule has 0 unspecified atom stereocenters. The minimum atomic E-state index is -4.63. The average Bonchev–Trinajstić information content (AvgIpc) is 3.13. The number of carbonyl (C=O) groups excluding carboxylic acids is 2. The minimum absolute atomic E-state index is 0.0103. The fourth-order valence-corrected chi connectivity index (χ4v) is 6.42. The monoisotopic (exact) mass is 596 g/mol. The summed E-state index contributed by atoms with van der Waals surface area (Å²) in [5.41, 5.74) is -1.31. The minimum Gasteiger partial charge on any atom is -0.353 e. The molecule has 3 aliphatic rings. The summed E-state index contributed by atoms with van der Waals surface area (Å²) in [7, 11) is 0. The molecule has 0 bridgehead atoms. The number of nitrogens with one attached hydrogen (secondary N) is 1. The Balaban J connectivity index is 1.22. The van der Waals surface area contributed by atoms with Crippen molar-refractivity contribution in [3.8, 4) is 0 Å². The summed E-state index contributed by atoms with van der Waals surface area (Å²) in [5, 5.41) is 6.79. The third-order valence-corrected chi connectivity index (χ3v) is 8.83. The summed E-state index contributed by atoms with van der Waals surface area (Å²) >= 11 is 5.96. The van der Waals surface area contributed by atoms with Gasteiger partial charge in [0.2, 0.25) is 12.3 Å². The molecule has 14 heteroatoms. The van der Waals surface area contributed by atoms with E-state index in [9.17, 15) is 31.5 Å². The summed E-state index contributed by atoms with van der Waals surface area (Å²) in [6.45, 7) is 1.90. The molecule has 1 aromatic carbocycles. The van der Waals surface area contributed by atoms with Gasteiger partial charge in [-0.05, 0) is 37.5 Å². The van der Waals surface area contributed by atoms with Crippen molar-refractivity contribution in [3.63, 3.8) is 0 Å². The molecule has 218 valence electrons. The van der Waals surface area contributed by atoms with E-state index < -0.39 is 35.9 Å². The lowest BCUT2D eigenvalue weighted by atomic mass is 9.85. The lowest BCUT2D eigenvalue weighted by Crippen LogP contribution is -2.53. The van der Waals surface area contributed by atoms with Crippen LogP contribution in [-0.4, -0.2) is 69.1 Å². The van der Waals surface area contributed by atoms with Gasteiger partial charge in [0.25, 0.3) is 5.92 Å². The third kappa shape index (κ3) is 4.39. The Kier molecular flexibility index (Phi) is 6.25. The van der Waals surface area contributed by atoms with Gasteiger partial charge in [0.15, 0.2) is 10.8 Å². The van der Waals surface area contributed by atoms with Crippen molar-refractivity contribution in [1.82, 2.24) is 24.8 Å². The van der Waals surface area contributed by atoms with Crippen molar-refractivity contribution in [2.24, 2.45) is 5.92 Å². The molecule has 1 aliphatic heterocycles. The Morgan fingerprint density at radius 2 is 1.93 bits per heavy atom. The Labute approximate surface area is 236 Å². The van der Waals surface area contributed by atoms with Gasteiger partial charge in [0.05, 0.1) is 29.4 Å². The van der Waals surface area contributed by atoms with Gasteiger partial charge >= 0.3 is 6.18 Å². The molecule has 41 heavy (non-hydrogen) atoms. The normalized spacial score (nSPS) is 28.2. The first-order chi connectivity index (χ1) is 19.2. The average molecular weight is 597 g/mol. The maximum absolute atomic E-state index is 14.9. The number of alkyl halides is 5. The zero-order valence-electron chi connectivity index (χ0n) is 22.0. The molecule has 6 rings (SSSR count). The van der Waals surface area contributed by atoms with Gasteiger partial charge in [-0.2, -0.15) is 18.3 Å². The van der Waals surface area contributed by atoms with E-state index in [0.29, 0.717) is 30.5 Å². The molecule has 0 spiro atoms. The predicted octanol–water partition coefficient (Wildman–Crippen LogP) is 4.83. The van der Waals surface area contributed by atoms with E-state index in [2.05, 4.69) is 15.4 Å². The van der Waals surface area contributed by atoms with Crippen LogP contribution in [0.3, 0.4) is 0 Å². The molecule has 2 aliphatic carbocycles. The number of hydrogen-bond donors (Lipinski definition) is 1. The molecule has 2 fully saturated rings. The zero-order chi connectivity index (χ0) is 29.5. The second-order valence-electron chi connectivity index (χ2n) is 11.3. The maximum Gasteiger partial charge on any atom is 0.401 e. The summed E-state index contributed by atoms with van der Waals surface area (Å²) < 4.78 is 74.1. The van der Waals surface area contributed by atoms with Crippen LogP contribution in [-0.2, 0) is 15.0 Å². The first kappa shape index (κ1) is 27.7. The van der Waals surface area contributed by atoms with Gasteiger partial charge in [-0.15, -0.1) is 0 Å². The van der Waals surface area contributed by atoms with Gasteiger partial charge < -0.3 is 15.1 Å². The third-order valence-electron chi connectivity index (χ3n) is 8.65. The second-order valence-corrected chi connectivity index (χ2v) is 11.7. The SMILES string of the molecule is CC(=O)NC1CC(N(C=O)C[C@H]2[C@@H](c3ccc(N4C[C@@](C)(C(F)(F)F)c5c4cnc4cc(Cl)nn54)cc3)C2(F)F)C1. The van der Waals surface area contributed by atoms with Gasteiger partial charge in [0, 0.05) is 43.9 Å². The van der Waals surface area contributed by atoms with E-state index in [1.807, 2.05) is 0 Å². The number of fused-ring (bicyclic) bond motifs is 3. The number of rotatable bonds is 7. The summed E-state index contributed by atoms with van der Waals surface area (Å²) in [5.74, 6) is -5.42. The summed E-state index contributed by atoms with van der Waals surface area (Å²) in [4.78, 5) is 29.9. The molecule has 3 atom stereocenters. The number of halogens is 6. The van der Waals surface area contributed by atoms with Crippen molar-refractivity contribution in [1.29, 1.82) is 0 Å². The smallest absolute Gasteiger partial charge is 0.353 e. The summed E-state index contributed by atoms with van der Waals surface area (Å²) in [6.07, 6.45) is -1.70. The molecular formula is C27H26ClF5N6O2. The van der Waals surface area contributed by atoms with E-state index in [1.54, 1.807) is 0 Å². The molecule has 8 nitrogen and oxygen atoms in total. The van der Waals surface area contributed by atoms with Gasteiger partial charge in [-0.3, -0.25) is 9.59 Å². The van der Waals surface area contributed by atoms with Gasteiger partial charge in [0.1, 0.15) is 5.41 Å². The predicted molar refractivity (Wildman–Crippen MR) is 139 cm³/mol. The number of benzene rings is 1. The highest BCUT2D eigenvalue weighted by atomic mass is 35.5. The molecule has 0 radical (unpaired) electrons. The molecule has 3 heterocycles. The highest BCUT2D eigenvalue weighted by Crippen LogP contribution is 2.62. The quantitative estimate of drug-likeness (QED) is 0.312. The first-order valence-corrected chi connectivity index (χ1v) is 13.5. The van der Waals surface area contributed by atoms with Crippen molar-refractivity contribution in [2.75, 3.05) is 18.0 Å². The van der Waals surface area contributed by atoms with Crippen LogP contribution >= 0.6 is 11.6 Å². The molecule has 1 N–H and O–H groups in total. The van der Waals surface area contributed by atoms with E-state index in [0.717, 1.165) is 11.4 Å². The van der Waals surface area contributed by atoms with Gasteiger partial charge in [-0.1, -0.05) is 23.7 Å². The van der Waals surface area contributed by atoms with Crippen molar-refractivity contribution in [2.45, 2.75) is 62.2 Å². The molecule has 2 saturated carbocycles. The number of anilines is 2. The summed E-state index contributed by atoms with van der Waals surface area (Å²) in [6, 6.07) is 7.12. The Bertz CT molecular complexity index is 1520. The van der Waals surface area contributed by atoms with Crippen LogP contribution in [0.25, 0.3) is 5.65 Å². The zero-order valence-corrected chi connectivity index (χ0v) is 22.8. The first-order valence-electron chi connectivity index (χ1n) is 13.1. The Hall–Kier alpha value is -3.48. The van der Waals surface area contributed by atoms with E-state index in [1.165, 1.54) is 53.3 Å². The highest BCUT2D eigenvalue weighted by molar-refractivity contribution is 6.29. The van der Waals surface area contributed by atoms with Crippen LogP contribution in [0.4, 0.5) is 33.3 Å². The standard InChI is InChI=1S/C27H26ClF5N6O2/c1-14(41)35-16-7-18(8-16)37(13-40)11-19-23(26(19,29)30)15-3-5-17(6-4-15)38-12-25(2,27(31,32)33)24-20(38)10-34-22-9-21(28)36-39(22)24/h3-6,9-10,13,16,18-19,23H,7-8,11-12H2,1-2H3,(H,35,41)/t16?,18?,19-,23+,25+/m0/s1. The number of nitrogens with zero attached hydrogens (tertiary/aromatic N) is 5. The highest BCUT2D eigenvalue weighted by Gasteiger charge is 2.69. The van der Waals surface area contributed by atoms with E-state index in [4.69, 9.17) is 11.6 Å². The number of aromatic nitrogens is 3. The van der Waals surface area contributed by atoms with Crippen molar-refractivity contribution in [3.05, 3.63) is 52.9 Å². The Morgan fingerprint density at radius 3 is 2.54 bits per heavy atom. The van der Waals surface area contributed by atoms with E-state index in [-0.39, 0.29) is 46.7 Å². The molecule has 2 aromatic heterocycles. The lowest BCUT2D eigenvalue weighted by Gasteiger charge is -2.41. The number of carbonyl (C=O) groups is 2.